The summed E-state index contributed by atoms with van der Waals surface area (Å²) in [5.41, 5.74) is 2.74. The number of hydrogen-bond donors (Lipinski definition) is 0. The number of hydrogen-bond acceptors (Lipinski definition) is 4. The highest BCUT2D eigenvalue weighted by atomic mass is 32.1. The van der Waals surface area contributed by atoms with E-state index in [0.29, 0.717) is 6.54 Å². The Hall–Kier alpha value is -1.43. The highest BCUT2D eigenvalue weighted by Gasteiger charge is 2.44. The lowest BCUT2D eigenvalue weighted by atomic mass is 9.95. The van der Waals surface area contributed by atoms with Gasteiger partial charge in [-0.2, -0.15) is 0 Å². The molecule has 2 aliphatic rings. The van der Waals surface area contributed by atoms with Crippen LogP contribution in [0.5, 0.6) is 0 Å². The number of aryl methyl sites for hydroxylation is 1. The van der Waals surface area contributed by atoms with Gasteiger partial charge in [0.15, 0.2) is 0 Å². The average Bonchev–Trinajstić information content (AvgIpc) is 2.86. The van der Waals surface area contributed by atoms with Crippen molar-refractivity contribution < 1.29 is 9.59 Å². The third-order valence-corrected chi connectivity index (χ3v) is 5.26. The minimum absolute atomic E-state index is 0.0940. The Balaban J connectivity index is 1.85. The molecule has 0 aliphatic carbocycles. The van der Waals surface area contributed by atoms with Crippen LogP contribution in [0.25, 0.3) is 0 Å². The smallest absolute Gasteiger partial charge is 0.246 e. The molecule has 2 atom stereocenters. The first-order valence-electron chi connectivity index (χ1n) is 7.09. The van der Waals surface area contributed by atoms with Gasteiger partial charge in [0.05, 0.1) is 17.7 Å². The molecule has 0 bridgehead atoms. The SMILES string of the molecule is Cc1ncsc1CN1C(=O)C2CCCCN2C(=O)C1C. The van der Waals surface area contributed by atoms with Crippen LogP contribution in [-0.4, -0.2) is 45.2 Å². The number of carbonyl (C=O) groups excluding carboxylic acids is 2. The zero-order chi connectivity index (χ0) is 14.3. The molecule has 2 fully saturated rings. The van der Waals surface area contributed by atoms with Crippen LogP contribution in [0.4, 0.5) is 0 Å². The zero-order valence-electron chi connectivity index (χ0n) is 11.8. The summed E-state index contributed by atoms with van der Waals surface area (Å²) in [6.07, 6.45) is 2.84. The van der Waals surface area contributed by atoms with Crippen molar-refractivity contribution in [3.05, 3.63) is 16.1 Å². The van der Waals surface area contributed by atoms with Crippen LogP contribution in [0.15, 0.2) is 5.51 Å². The van der Waals surface area contributed by atoms with Gasteiger partial charge in [-0.3, -0.25) is 9.59 Å². The molecule has 0 saturated carbocycles. The van der Waals surface area contributed by atoms with Crippen molar-refractivity contribution in [3.8, 4) is 0 Å². The fourth-order valence-electron chi connectivity index (χ4n) is 3.06. The molecule has 5 nitrogen and oxygen atoms in total. The molecular weight excluding hydrogens is 274 g/mol. The van der Waals surface area contributed by atoms with E-state index < -0.39 is 0 Å². The lowest BCUT2D eigenvalue weighted by Gasteiger charge is -2.46. The van der Waals surface area contributed by atoms with Gasteiger partial charge in [-0.05, 0) is 33.1 Å². The Bertz CT molecular complexity index is 542. The van der Waals surface area contributed by atoms with Gasteiger partial charge in [-0.15, -0.1) is 11.3 Å². The first-order chi connectivity index (χ1) is 9.59. The fraction of sp³-hybridized carbons (Fsp3) is 0.643. The van der Waals surface area contributed by atoms with Gasteiger partial charge in [-0.1, -0.05) is 0 Å². The molecule has 108 valence electrons. The standard InChI is InChI=1S/C14H19N3O2S/c1-9-12(20-8-15-9)7-17-10(2)13(18)16-6-4-3-5-11(16)14(17)19/h8,10-11H,3-7H2,1-2H3. The molecule has 2 saturated heterocycles. The number of thiazole rings is 1. The van der Waals surface area contributed by atoms with Crippen molar-refractivity contribution in [3.63, 3.8) is 0 Å². The minimum atomic E-state index is -0.363. The zero-order valence-corrected chi connectivity index (χ0v) is 12.7. The van der Waals surface area contributed by atoms with Crippen LogP contribution in [0.3, 0.4) is 0 Å². The van der Waals surface area contributed by atoms with Crippen molar-refractivity contribution in [2.75, 3.05) is 6.54 Å². The van der Waals surface area contributed by atoms with Crippen LogP contribution >= 0.6 is 11.3 Å². The van der Waals surface area contributed by atoms with Gasteiger partial charge >= 0.3 is 0 Å². The summed E-state index contributed by atoms with van der Waals surface area (Å²) in [6, 6.07) is -0.598. The normalized spacial score (nSPS) is 26.9. The second-order valence-electron chi connectivity index (χ2n) is 5.55. The molecule has 0 aromatic carbocycles. The van der Waals surface area contributed by atoms with Gasteiger partial charge in [0, 0.05) is 11.4 Å². The van der Waals surface area contributed by atoms with E-state index in [1.165, 1.54) is 0 Å². The molecule has 2 aliphatic heterocycles. The van der Waals surface area contributed by atoms with Crippen LogP contribution in [-0.2, 0) is 16.1 Å². The van der Waals surface area contributed by atoms with Crippen molar-refractivity contribution in [1.82, 2.24) is 14.8 Å². The van der Waals surface area contributed by atoms with Gasteiger partial charge in [-0.25, -0.2) is 4.98 Å². The number of rotatable bonds is 2. The molecule has 6 heteroatoms. The van der Waals surface area contributed by atoms with Gasteiger partial charge in [0.1, 0.15) is 12.1 Å². The summed E-state index contributed by atoms with van der Waals surface area (Å²) >= 11 is 1.55. The Morgan fingerprint density at radius 3 is 2.85 bits per heavy atom. The number of nitrogens with zero attached hydrogens (tertiary/aromatic N) is 3. The van der Waals surface area contributed by atoms with Crippen LogP contribution in [0.2, 0.25) is 0 Å². The quantitative estimate of drug-likeness (QED) is 0.831. The predicted octanol–water partition coefficient (Wildman–Crippen LogP) is 1.56. The summed E-state index contributed by atoms with van der Waals surface area (Å²) in [5, 5.41) is 0. The van der Waals surface area contributed by atoms with E-state index in [1.807, 2.05) is 13.8 Å². The summed E-state index contributed by atoms with van der Waals surface area (Å²) in [7, 11) is 0. The molecule has 3 heterocycles. The third kappa shape index (κ3) is 2.12. The maximum atomic E-state index is 12.7. The number of carbonyl (C=O) groups is 2. The van der Waals surface area contributed by atoms with E-state index in [-0.39, 0.29) is 23.9 Å². The highest BCUT2D eigenvalue weighted by Crippen LogP contribution is 2.28. The lowest BCUT2D eigenvalue weighted by Crippen LogP contribution is -2.64. The first kappa shape index (κ1) is 13.5. The number of piperidine rings is 1. The Kier molecular flexibility index (Phi) is 3.50. The maximum Gasteiger partial charge on any atom is 0.246 e. The van der Waals surface area contributed by atoms with E-state index in [4.69, 9.17) is 0 Å². The van der Waals surface area contributed by atoms with E-state index in [0.717, 1.165) is 36.4 Å². The third-order valence-electron chi connectivity index (χ3n) is 4.34. The summed E-state index contributed by atoms with van der Waals surface area (Å²) in [5.74, 6) is 0.195. The van der Waals surface area contributed by atoms with Crippen molar-refractivity contribution >= 4 is 23.2 Å². The molecule has 0 radical (unpaired) electrons. The largest absolute Gasteiger partial charge is 0.329 e. The van der Waals surface area contributed by atoms with E-state index in [9.17, 15) is 9.59 Å². The van der Waals surface area contributed by atoms with Crippen LogP contribution < -0.4 is 0 Å². The summed E-state index contributed by atoms with van der Waals surface area (Å²) in [6.45, 7) is 5.01. The molecule has 20 heavy (non-hydrogen) atoms. The molecule has 2 amide bonds. The lowest BCUT2D eigenvalue weighted by molar-refractivity contribution is -0.163. The van der Waals surface area contributed by atoms with Crippen molar-refractivity contribution in [1.29, 1.82) is 0 Å². The second-order valence-corrected chi connectivity index (χ2v) is 6.49. The number of amides is 2. The Morgan fingerprint density at radius 2 is 2.15 bits per heavy atom. The van der Waals surface area contributed by atoms with Crippen molar-refractivity contribution in [2.24, 2.45) is 0 Å². The topological polar surface area (TPSA) is 53.5 Å². The van der Waals surface area contributed by atoms with Crippen LogP contribution in [0, 0.1) is 6.92 Å². The van der Waals surface area contributed by atoms with E-state index in [2.05, 4.69) is 4.98 Å². The van der Waals surface area contributed by atoms with E-state index in [1.54, 1.807) is 26.6 Å². The van der Waals surface area contributed by atoms with Crippen molar-refractivity contribution in [2.45, 2.75) is 51.7 Å². The molecule has 0 N–H and O–H groups in total. The van der Waals surface area contributed by atoms with Gasteiger partial charge in [0.25, 0.3) is 0 Å². The Morgan fingerprint density at radius 1 is 1.35 bits per heavy atom. The fourth-order valence-corrected chi connectivity index (χ4v) is 3.83. The monoisotopic (exact) mass is 293 g/mol. The Labute approximate surface area is 122 Å². The van der Waals surface area contributed by atoms with Gasteiger partial charge < -0.3 is 9.80 Å². The number of fused-ring (bicyclic) bond motifs is 1. The first-order valence-corrected chi connectivity index (χ1v) is 7.97. The molecule has 0 spiro atoms. The molecule has 3 rings (SSSR count). The second kappa shape index (κ2) is 5.16. The summed E-state index contributed by atoms with van der Waals surface area (Å²) in [4.78, 5) is 33.9. The molecular formula is C14H19N3O2S. The predicted molar refractivity (Wildman–Crippen MR) is 76.2 cm³/mol. The molecule has 1 aromatic rings. The number of aromatic nitrogens is 1. The minimum Gasteiger partial charge on any atom is -0.329 e. The average molecular weight is 293 g/mol. The van der Waals surface area contributed by atoms with Gasteiger partial charge in [0.2, 0.25) is 11.8 Å². The van der Waals surface area contributed by atoms with E-state index >= 15 is 0 Å². The molecule has 2 unspecified atom stereocenters. The summed E-state index contributed by atoms with van der Waals surface area (Å²) < 4.78 is 0. The van der Waals surface area contributed by atoms with Crippen LogP contribution in [0.1, 0.15) is 36.8 Å². The number of piperazine rings is 1. The maximum absolute atomic E-state index is 12.7. The highest BCUT2D eigenvalue weighted by molar-refractivity contribution is 7.09. The molecule has 1 aromatic heterocycles.